The van der Waals surface area contributed by atoms with Gasteiger partial charge in [-0.25, -0.2) is 4.98 Å². The van der Waals surface area contributed by atoms with Gasteiger partial charge in [-0.1, -0.05) is 0 Å². The number of carbonyl (C=O) groups excluding carboxylic acids is 1. The lowest BCUT2D eigenvalue weighted by Gasteiger charge is -2.34. The molecule has 4 rings (SSSR count). The molecule has 0 saturated carbocycles. The van der Waals surface area contributed by atoms with Gasteiger partial charge in [0.2, 0.25) is 11.7 Å². The highest BCUT2D eigenvalue weighted by Crippen LogP contribution is 2.38. The molecular formula is C22H29N5O5. The van der Waals surface area contributed by atoms with Gasteiger partial charge >= 0.3 is 0 Å². The maximum absolute atomic E-state index is 13.2. The van der Waals surface area contributed by atoms with Crippen molar-refractivity contribution in [3.63, 3.8) is 0 Å². The average Bonchev–Trinajstić information content (AvgIpc) is 2.82. The van der Waals surface area contributed by atoms with E-state index in [0.717, 1.165) is 31.9 Å². The van der Waals surface area contributed by atoms with Gasteiger partial charge in [0.15, 0.2) is 11.5 Å². The minimum Gasteiger partial charge on any atom is -0.493 e. The number of nitrogens with one attached hydrogen (secondary N) is 1. The van der Waals surface area contributed by atoms with Gasteiger partial charge in [-0.15, -0.1) is 0 Å². The molecule has 172 valence electrons. The Bertz CT molecular complexity index is 1040. The molecule has 2 aliphatic rings. The summed E-state index contributed by atoms with van der Waals surface area (Å²) in [7, 11) is 6.61. The molecule has 1 N–H and O–H groups in total. The Morgan fingerprint density at radius 1 is 1.00 bits per heavy atom. The van der Waals surface area contributed by atoms with Crippen LogP contribution in [0.5, 0.6) is 17.2 Å². The number of aromatic amines is 1. The zero-order chi connectivity index (χ0) is 22.8. The fourth-order valence-corrected chi connectivity index (χ4v) is 4.14. The predicted molar refractivity (Wildman–Crippen MR) is 119 cm³/mol. The first kappa shape index (κ1) is 21.9. The van der Waals surface area contributed by atoms with Gasteiger partial charge in [-0.3, -0.25) is 14.6 Å². The van der Waals surface area contributed by atoms with Crippen LogP contribution in [0.25, 0.3) is 0 Å². The second kappa shape index (κ2) is 9.07. The standard InChI is InChI=1S/C22H29N5O5/c1-25-7-9-26(10-8-25)22-23-16-5-6-27(13-15(16)20(28)24-22)21(29)14-11-17(30-2)19(32-4)18(12-14)31-3/h11-12H,5-10,13H2,1-4H3,(H,23,24,28). The van der Waals surface area contributed by atoms with Gasteiger partial charge in [0.05, 0.1) is 39.1 Å². The molecule has 10 heteroatoms. The lowest BCUT2D eigenvalue weighted by Crippen LogP contribution is -2.46. The maximum Gasteiger partial charge on any atom is 0.257 e. The van der Waals surface area contributed by atoms with Gasteiger partial charge in [0, 0.05) is 44.7 Å². The molecule has 0 aliphatic carbocycles. The second-order valence-corrected chi connectivity index (χ2v) is 8.00. The molecule has 32 heavy (non-hydrogen) atoms. The van der Waals surface area contributed by atoms with Crippen LogP contribution in [0.15, 0.2) is 16.9 Å². The Morgan fingerprint density at radius 2 is 1.66 bits per heavy atom. The summed E-state index contributed by atoms with van der Waals surface area (Å²) in [4.78, 5) is 39.7. The largest absolute Gasteiger partial charge is 0.493 e. The molecule has 1 saturated heterocycles. The third-order valence-corrected chi connectivity index (χ3v) is 6.06. The smallest absolute Gasteiger partial charge is 0.257 e. The van der Waals surface area contributed by atoms with E-state index in [2.05, 4.69) is 21.8 Å². The molecule has 0 bridgehead atoms. The van der Waals surface area contributed by atoms with E-state index in [1.807, 2.05) is 0 Å². The number of hydrogen-bond acceptors (Lipinski definition) is 8. The van der Waals surface area contributed by atoms with Crippen molar-refractivity contribution < 1.29 is 19.0 Å². The normalized spacial score (nSPS) is 16.5. The van der Waals surface area contributed by atoms with Gasteiger partial charge in [0.25, 0.3) is 11.5 Å². The van der Waals surface area contributed by atoms with Gasteiger partial charge in [0.1, 0.15) is 0 Å². The molecule has 0 spiro atoms. The van der Waals surface area contributed by atoms with Crippen LogP contribution < -0.4 is 24.7 Å². The highest BCUT2D eigenvalue weighted by atomic mass is 16.5. The van der Waals surface area contributed by atoms with Crippen molar-refractivity contribution in [2.45, 2.75) is 13.0 Å². The van der Waals surface area contributed by atoms with E-state index in [1.54, 1.807) is 17.0 Å². The van der Waals surface area contributed by atoms with Crippen LogP contribution in [0.1, 0.15) is 21.6 Å². The molecule has 1 amide bonds. The van der Waals surface area contributed by atoms with Crippen LogP contribution >= 0.6 is 0 Å². The van der Waals surface area contributed by atoms with Gasteiger partial charge in [-0.2, -0.15) is 0 Å². The zero-order valence-electron chi connectivity index (χ0n) is 18.9. The van der Waals surface area contributed by atoms with E-state index in [9.17, 15) is 9.59 Å². The number of likely N-dealkylation sites (N-methyl/N-ethyl adjacent to an activating group) is 1. The summed E-state index contributed by atoms with van der Waals surface area (Å²) in [5.74, 6) is 1.64. The van der Waals surface area contributed by atoms with Crippen molar-refractivity contribution in [2.24, 2.45) is 0 Å². The average molecular weight is 444 g/mol. The van der Waals surface area contributed by atoms with E-state index in [4.69, 9.17) is 19.2 Å². The van der Waals surface area contributed by atoms with Crippen LogP contribution in [-0.2, 0) is 13.0 Å². The Balaban J connectivity index is 1.57. The first-order valence-electron chi connectivity index (χ1n) is 10.6. The molecule has 2 aromatic rings. The molecular weight excluding hydrogens is 414 g/mol. The Morgan fingerprint density at radius 3 is 2.25 bits per heavy atom. The summed E-state index contributed by atoms with van der Waals surface area (Å²) in [5.41, 5.74) is 1.51. The highest BCUT2D eigenvalue weighted by Gasteiger charge is 2.28. The van der Waals surface area contributed by atoms with Crippen molar-refractivity contribution in [1.29, 1.82) is 0 Å². The number of piperazine rings is 1. The van der Waals surface area contributed by atoms with E-state index in [-0.39, 0.29) is 18.0 Å². The summed E-state index contributed by atoms with van der Waals surface area (Å²) < 4.78 is 16.1. The molecule has 10 nitrogen and oxygen atoms in total. The summed E-state index contributed by atoms with van der Waals surface area (Å²) >= 11 is 0. The van der Waals surface area contributed by atoms with Crippen molar-refractivity contribution in [3.8, 4) is 17.2 Å². The van der Waals surface area contributed by atoms with E-state index in [1.165, 1.54) is 21.3 Å². The van der Waals surface area contributed by atoms with Crippen LogP contribution in [0.2, 0.25) is 0 Å². The summed E-state index contributed by atoms with van der Waals surface area (Å²) in [6.07, 6.45) is 0.524. The van der Waals surface area contributed by atoms with Crippen molar-refractivity contribution in [1.82, 2.24) is 19.8 Å². The fraction of sp³-hybridized carbons (Fsp3) is 0.500. The number of nitrogens with zero attached hydrogens (tertiary/aromatic N) is 4. The Labute approximate surface area is 186 Å². The lowest BCUT2D eigenvalue weighted by molar-refractivity contribution is 0.0731. The number of ether oxygens (including phenoxy) is 3. The minimum absolute atomic E-state index is 0.189. The number of anilines is 1. The fourth-order valence-electron chi connectivity index (χ4n) is 4.14. The topological polar surface area (TPSA) is 100 Å². The van der Waals surface area contributed by atoms with Gasteiger partial charge in [-0.05, 0) is 19.2 Å². The third-order valence-electron chi connectivity index (χ3n) is 6.06. The monoisotopic (exact) mass is 443 g/mol. The molecule has 1 fully saturated rings. The van der Waals surface area contributed by atoms with Crippen molar-refractivity contribution >= 4 is 11.9 Å². The number of amides is 1. The number of fused-ring (bicyclic) bond motifs is 1. The number of carbonyl (C=O) groups is 1. The van der Waals surface area contributed by atoms with Gasteiger partial charge < -0.3 is 28.9 Å². The van der Waals surface area contributed by atoms with Crippen LogP contribution in [0.3, 0.4) is 0 Å². The third kappa shape index (κ3) is 4.10. The lowest BCUT2D eigenvalue weighted by atomic mass is 10.1. The Hall–Kier alpha value is -3.27. The molecule has 1 aromatic carbocycles. The minimum atomic E-state index is -0.211. The number of aromatic nitrogens is 2. The van der Waals surface area contributed by atoms with Crippen LogP contribution in [-0.4, -0.2) is 86.8 Å². The number of benzene rings is 1. The Kier molecular flexibility index (Phi) is 6.22. The number of rotatable bonds is 5. The van der Waals surface area contributed by atoms with E-state index in [0.29, 0.717) is 47.3 Å². The molecule has 2 aliphatic heterocycles. The first-order valence-corrected chi connectivity index (χ1v) is 10.6. The summed E-state index contributed by atoms with van der Waals surface area (Å²) in [6, 6.07) is 3.25. The maximum atomic E-state index is 13.2. The number of hydrogen-bond donors (Lipinski definition) is 1. The van der Waals surface area contributed by atoms with Crippen molar-refractivity contribution in [2.75, 3.05) is 66.0 Å². The zero-order valence-corrected chi connectivity index (χ0v) is 18.9. The van der Waals surface area contributed by atoms with E-state index >= 15 is 0 Å². The highest BCUT2D eigenvalue weighted by molar-refractivity contribution is 5.95. The van der Waals surface area contributed by atoms with Crippen LogP contribution in [0, 0.1) is 0 Å². The van der Waals surface area contributed by atoms with Crippen molar-refractivity contribution in [3.05, 3.63) is 39.3 Å². The summed E-state index contributed by atoms with van der Waals surface area (Å²) in [6.45, 7) is 4.18. The van der Waals surface area contributed by atoms with Crippen LogP contribution in [0.4, 0.5) is 5.95 Å². The molecule has 0 radical (unpaired) electrons. The number of H-pyrrole nitrogens is 1. The molecule has 1 aromatic heterocycles. The SMILES string of the molecule is COc1cc(C(=O)N2CCc3nc(N4CCN(C)CC4)[nH]c(=O)c3C2)cc(OC)c1OC. The molecule has 3 heterocycles. The second-order valence-electron chi connectivity index (χ2n) is 8.00. The predicted octanol–water partition coefficient (Wildman–Crippen LogP) is 0.746. The molecule has 0 unspecified atom stereocenters. The number of methoxy groups -OCH3 is 3. The first-order chi connectivity index (χ1) is 15.4. The quantitative estimate of drug-likeness (QED) is 0.723. The van der Waals surface area contributed by atoms with E-state index < -0.39 is 0 Å². The summed E-state index contributed by atoms with van der Waals surface area (Å²) in [5, 5.41) is 0. The molecule has 0 atom stereocenters.